The first kappa shape index (κ1) is 24.2. The lowest BCUT2D eigenvalue weighted by Gasteiger charge is -2.30. The lowest BCUT2D eigenvalue weighted by Crippen LogP contribution is -2.38. The third kappa shape index (κ3) is 4.65. The number of hydrogen-bond acceptors (Lipinski definition) is 3. The number of hydrogen-bond donors (Lipinski definition) is 0. The van der Waals surface area contributed by atoms with Crippen molar-refractivity contribution in [1.29, 1.82) is 0 Å². The van der Waals surface area contributed by atoms with Gasteiger partial charge in [0.25, 0.3) is 5.91 Å². The van der Waals surface area contributed by atoms with E-state index in [4.69, 9.17) is 0 Å². The Morgan fingerprint density at radius 2 is 1.50 bits per heavy atom. The number of carbonyl (C=O) groups excluding carboxylic acids is 1. The van der Waals surface area contributed by atoms with E-state index in [0.29, 0.717) is 18.0 Å². The fraction of sp³-hybridized carbons (Fsp3) is 0.321. The molecule has 6 heteroatoms. The van der Waals surface area contributed by atoms with Gasteiger partial charge in [-0.3, -0.25) is 4.79 Å². The highest BCUT2D eigenvalue weighted by molar-refractivity contribution is 7.89. The molecule has 3 aromatic carbocycles. The van der Waals surface area contributed by atoms with E-state index in [9.17, 15) is 13.2 Å². The molecule has 34 heavy (non-hydrogen) atoms. The molecule has 1 amide bonds. The van der Waals surface area contributed by atoms with E-state index < -0.39 is 16.2 Å². The topological polar surface area (TPSA) is 57.7 Å². The molecule has 3 aromatic rings. The van der Waals surface area contributed by atoms with Crippen LogP contribution in [0.25, 0.3) is 0 Å². The minimum Gasteiger partial charge on any atom is -0.316 e. The van der Waals surface area contributed by atoms with Crippen molar-refractivity contribution in [2.75, 3.05) is 13.1 Å². The number of benzene rings is 3. The van der Waals surface area contributed by atoms with Gasteiger partial charge in [0.1, 0.15) is 6.17 Å². The zero-order chi connectivity index (χ0) is 24.3. The molecule has 0 aliphatic carbocycles. The first-order valence-electron chi connectivity index (χ1n) is 11.9. The Morgan fingerprint density at radius 3 is 2.09 bits per heavy atom. The van der Waals surface area contributed by atoms with E-state index in [1.54, 1.807) is 47.4 Å². The summed E-state index contributed by atoms with van der Waals surface area (Å²) in [6, 6.07) is 24.0. The van der Waals surface area contributed by atoms with Crippen LogP contribution < -0.4 is 0 Å². The molecule has 0 bridgehead atoms. The van der Waals surface area contributed by atoms with Crippen LogP contribution in [-0.4, -0.2) is 36.6 Å². The second-order valence-electron chi connectivity index (χ2n) is 8.85. The summed E-state index contributed by atoms with van der Waals surface area (Å²) in [5.41, 5.74) is 3.66. The number of carbonyl (C=O) groups is 1. The second kappa shape index (κ2) is 10.1. The van der Waals surface area contributed by atoms with Crippen LogP contribution in [0.1, 0.15) is 65.8 Å². The lowest BCUT2D eigenvalue weighted by molar-refractivity contribution is 0.0693. The van der Waals surface area contributed by atoms with Crippen LogP contribution in [0.5, 0.6) is 0 Å². The summed E-state index contributed by atoms with van der Waals surface area (Å²) in [5, 5.41) is 0. The minimum absolute atomic E-state index is 0.167. The molecule has 0 spiro atoms. The summed E-state index contributed by atoms with van der Waals surface area (Å²) in [6.45, 7) is 6.90. The highest BCUT2D eigenvalue weighted by Gasteiger charge is 2.43. The van der Waals surface area contributed by atoms with E-state index in [-0.39, 0.29) is 17.3 Å². The number of aryl methyl sites for hydroxylation is 1. The molecule has 0 unspecified atom stereocenters. The molecule has 1 fully saturated rings. The van der Waals surface area contributed by atoms with Crippen LogP contribution in [0.2, 0.25) is 0 Å². The maximum Gasteiger partial charge on any atom is 0.255 e. The van der Waals surface area contributed by atoms with Gasteiger partial charge in [0.15, 0.2) is 0 Å². The van der Waals surface area contributed by atoms with Gasteiger partial charge in [0, 0.05) is 18.7 Å². The normalized spacial score (nSPS) is 16.8. The Bertz CT molecular complexity index is 1220. The molecule has 5 nitrogen and oxygen atoms in total. The van der Waals surface area contributed by atoms with E-state index in [1.165, 1.54) is 9.87 Å². The van der Waals surface area contributed by atoms with Crippen molar-refractivity contribution in [2.45, 2.75) is 50.6 Å². The van der Waals surface area contributed by atoms with Crippen molar-refractivity contribution in [2.24, 2.45) is 0 Å². The summed E-state index contributed by atoms with van der Waals surface area (Å²) in [7, 11) is -3.79. The van der Waals surface area contributed by atoms with Crippen molar-refractivity contribution >= 4 is 15.9 Å². The van der Waals surface area contributed by atoms with E-state index in [0.717, 1.165) is 24.0 Å². The van der Waals surface area contributed by atoms with Crippen molar-refractivity contribution in [3.05, 3.63) is 101 Å². The van der Waals surface area contributed by atoms with Gasteiger partial charge < -0.3 is 4.90 Å². The number of nitrogens with zero attached hydrogens (tertiary/aromatic N) is 2. The molecule has 1 aliphatic rings. The van der Waals surface area contributed by atoms with Crippen LogP contribution in [-0.2, 0) is 10.0 Å². The van der Waals surface area contributed by atoms with Gasteiger partial charge in [-0.15, -0.1) is 0 Å². The maximum atomic E-state index is 13.6. The summed E-state index contributed by atoms with van der Waals surface area (Å²) in [4.78, 5) is 15.4. The Hall–Kier alpha value is -2.96. The van der Waals surface area contributed by atoms with Crippen LogP contribution in [0.3, 0.4) is 0 Å². The van der Waals surface area contributed by atoms with E-state index >= 15 is 0 Å². The molecular formula is C28H32N2O3S. The van der Waals surface area contributed by atoms with Crippen molar-refractivity contribution in [3.63, 3.8) is 0 Å². The molecule has 1 heterocycles. The first-order valence-corrected chi connectivity index (χ1v) is 13.3. The lowest BCUT2D eigenvalue weighted by atomic mass is 9.93. The summed E-state index contributed by atoms with van der Waals surface area (Å²) < 4.78 is 28.7. The standard InChI is InChI=1S/C28H32N2O3S/c1-4-22(5-2)23-15-17-24(18-16-23)27-29(28(31)25-13-11-21(3)12-14-25)19-20-30(27)34(32,33)26-9-7-6-8-10-26/h6-18,22,27H,4-5,19-20H2,1-3H3/t27-/m0/s1. The van der Waals surface area contributed by atoms with Crippen LogP contribution in [0.15, 0.2) is 83.8 Å². The van der Waals surface area contributed by atoms with Gasteiger partial charge >= 0.3 is 0 Å². The summed E-state index contributed by atoms with van der Waals surface area (Å²) in [6.07, 6.45) is 1.40. The monoisotopic (exact) mass is 476 g/mol. The van der Waals surface area contributed by atoms with E-state index in [2.05, 4.69) is 26.0 Å². The van der Waals surface area contributed by atoms with Crippen molar-refractivity contribution < 1.29 is 13.2 Å². The molecule has 0 aromatic heterocycles. The Labute approximate surface area is 203 Å². The Balaban J connectivity index is 1.75. The fourth-order valence-corrected chi connectivity index (χ4v) is 6.30. The van der Waals surface area contributed by atoms with Crippen LogP contribution in [0.4, 0.5) is 0 Å². The zero-order valence-electron chi connectivity index (χ0n) is 20.0. The van der Waals surface area contributed by atoms with Gasteiger partial charge in [-0.2, -0.15) is 4.31 Å². The molecular weight excluding hydrogens is 444 g/mol. The van der Waals surface area contributed by atoms with E-state index in [1.807, 2.05) is 31.2 Å². The van der Waals surface area contributed by atoms with Crippen molar-refractivity contribution in [3.8, 4) is 0 Å². The third-order valence-corrected chi connectivity index (χ3v) is 8.60. The van der Waals surface area contributed by atoms with Crippen LogP contribution in [0, 0.1) is 6.92 Å². The highest BCUT2D eigenvalue weighted by Crippen LogP contribution is 2.37. The Morgan fingerprint density at radius 1 is 0.882 bits per heavy atom. The molecule has 1 atom stereocenters. The summed E-state index contributed by atoms with van der Waals surface area (Å²) in [5.74, 6) is 0.298. The smallest absolute Gasteiger partial charge is 0.255 e. The van der Waals surface area contributed by atoms with Gasteiger partial charge in [0.2, 0.25) is 10.0 Å². The molecule has 4 rings (SSSR count). The van der Waals surface area contributed by atoms with Crippen molar-refractivity contribution in [1.82, 2.24) is 9.21 Å². The molecule has 178 valence electrons. The minimum atomic E-state index is -3.79. The second-order valence-corrected chi connectivity index (χ2v) is 10.7. The number of sulfonamides is 1. The fourth-order valence-electron chi connectivity index (χ4n) is 4.71. The number of rotatable bonds is 7. The average Bonchev–Trinajstić information content (AvgIpc) is 3.32. The predicted octanol–water partition coefficient (Wildman–Crippen LogP) is 5.74. The molecule has 0 radical (unpaired) electrons. The quantitative estimate of drug-likeness (QED) is 0.437. The Kier molecular flexibility index (Phi) is 7.19. The van der Waals surface area contributed by atoms with Gasteiger partial charge in [0.05, 0.1) is 4.90 Å². The largest absolute Gasteiger partial charge is 0.316 e. The molecule has 1 aliphatic heterocycles. The SMILES string of the molecule is CCC(CC)c1ccc([C@H]2N(C(=O)c3ccc(C)cc3)CCN2S(=O)(=O)c2ccccc2)cc1. The van der Waals surface area contributed by atoms with Gasteiger partial charge in [-0.05, 0) is 61.1 Å². The first-order chi connectivity index (χ1) is 16.4. The van der Waals surface area contributed by atoms with Gasteiger partial charge in [-0.1, -0.05) is 74.0 Å². The van der Waals surface area contributed by atoms with Gasteiger partial charge in [-0.25, -0.2) is 8.42 Å². The zero-order valence-corrected chi connectivity index (χ0v) is 20.8. The van der Waals surface area contributed by atoms with Crippen LogP contribution >= 0.6 is 0 Å². The third-order valence-electron chi connectivity index (χ3n) is 6.73. The molecule has 0 saturated carbocycles. The highest BCUT2D eigenvalue weighted by atomic mass is 32.2. The summed E-state index contributed by atoms with van der Waals surface area (Å²) >= 11 is 0. The molecule has 0 N–H and O–H groups in total. The maximum absolute atomic E-state index is 13.6. The average molecular weight is 477 g/mol. The number of amides is 1. The molecule has 1 saturated heterocycles. The predicted molar refractivity (Wildman–Crippen MR) is 135 cm³/mol.